The molecule has 2 aromatic rings. The predicted molar refractivity (Wildman–Crippen MR) is 88.6 cm³/mol. The summed E-state index contributed by atoms with van der Waals surface area (Å²) in [7, 11) is 3.69. The zero-order valence-electron chi connectivity index (χ0n) is 12.4. The Labute approximate surface area is 129 Å². The van der Waals surface area contributed by atoms with Gasteiger partial charge in [-0.3, -0.25) is 9.67 Å². The molecule has 5 nitrogen and oxygen atoms in total. The van der Waals surface area contributed by atoms with E-state index in [1.807, 2.05) is 37.3 Å². The molecule has 112 valence electrons. The third-order valence-electron chi connectivity index (χ3n) is 2.85. The number of aliphatic imine (C=N–C) groups is 1. The van der Waals surface area contributed by atoms with Crippen LogP contribution in [0.4, 0.5) is 0 Å². The van der Waals surface area contributed by atoms with Crippen LogP contribution in [0.1, 0.15) is 5.56 Å². The Bertz CT molecular complexity index is 564. The van der Waals surface area contributed by atoms with Crippen LogP contribution in [0.3, 0.4) is 0 Å². The van der Waals surface area contributed by atoms with Crippen molar-refractivity contribution < 1.29 is 0 Å². The number of thioether (sulfide) groups is 1. The van der Waals surface area contributed by atoms with Gasteiger partial charge in [-0.2, -0.15) is 5.10 Å². The lowest BCUT2D eigenvalue weighted by Gasteiger charge is -2.10. The molecule has 0 fully saturated rings. The smallest absolute Gasteiger partial charge is 0.191 e. The molecule has 6 heteroatoms. The van der Waals surface area contributed by atoms with Crippen LogP contribution in [0.2, 0.25) is 0 Å². The lowest BCUT2D eigenvalue weighted by molar-refractivity contribution is 0.765. The first kappa shape index (κ1) is 15.4. The van der Waals surface area contributed by atoms with E-state index in [1.165, 1.54) is 4.90 Å². The molecule has 21 heavy (non-hydrogen) atoms. The summed E-state index contributed by atoms with van der Waals surface area (Å²) in [5.74, 6) is 1.81. The average molecular weight is 303 g/mol. The summed E-state index contributed by atoms with van der Waals surface area (Å²) in [5, 5.41) is 10.7. The van der Waals surface area contributed by atoms with Crippen molar-refractivity contribution in [2.75, 3.05) is 19.3 Å². The Morgan fingerprint density at radius 2 is 2.10 bits per heavy atom. The number of nitrogens with one attached hydrogen (secondary N) is 2. The molecule has 0 radical (unpaired) electrons. The van der Waals surface area contributed by atoms with Gasteiger partial charge in [-0.25, -0.2) is 0 Å². The highest BCUT2D eigenvalue weighted by atomic mass is 32.2. The molecule has 0 amide bonds. The van der Waals surface area contributed by atoms with Crippen molar-refractivity contribution in [3.8, 4) is 0 Å². The minimum absolute atomic E-state index is 0.722. The second-order valence-corrected chi connectivity index (χ2v) is 5.70. The maximum absolute atomic E-state index is 4.21. The Kier molecular flexibility index (Phi) is 6.15. The van der Waals surface area contributed by atoms with Crippen LogP contribution in [-0.4, -0.2) is 35.1 Å². The monoisotopic (exact) mass is 303 g/mol. The molecule has 1 aromatic carbocycles. The molecular weight excluding hydrogens is 282 g/mol. The third-order valence-corrected chi connectivity index (χ3v) is 3.86. The highest BCUT2D eigenvalue weighted by Crippen LogP contribution is 2.15. The van der Waals surface area contributed by atoms with Crippen LogP contribution in [0.25, 0.3) is 0 Å². The van der Waals surface area contributed by atoms with E-state index in [4.69, 9.17) is 0 Å². The Morgan fingerprint density at radius 1 is 1.29 bits per heavy atom. The SMILES string of the molecule is CN=C(NCCSc1ccccc1)NCc1cnn(C)c1. The second kappa shape index (κ2) is 8.36. The summed E-state index contributed by atoms with van der Waals surface area (Å²) < 4.78 is 1.80. The van der Waals surface area contributed by atoms with Gasteiger partial charge in [0.15, 0.2) is 5.96 Å². The summed E-state index contributed by atoms with van der Waals surface area (Å²) in [6.45, 7) is 1.59. The maximum atomic E-state index is 4.21. The minimum atomic E-state index is 0.722. The lowest BCUT2D eigenvalue weighted by Crippen LogP contribution is -2.37. The number of aromatic nitrogens is 2. The van der Waals surface area contributed by atoms with Crippen molar-refractivity contribution >= 4 is 17.7 Å². The second-order valence-electron chi connectivity index (χ2n) is 4.54. The molecule has 2 N–H and O–H groups in total. The van der Waals surface area contributed by atoms with Crippen molar-refractivity contribution in [2.24, 2.45) is 12.0 Å². The summed E-state index contributed by atoms with van der Waals surface area (Å²) in [4.78, 5) is 5.50. The largest absolute Gasteiger partial charge is 0.356 e. The van der Waals surface area contributed by atoms with Gasteiger partial charge in [0, 0.05) is 49.6 Å². The van der Waals surface area contributed by atoms with Crippen molar-refractivity contribution in [2.45, 2.75) is 11.4 Å². The zero-order chi connectivity index (χ0) is 14.9. The fourth-order valence-corrected chi connectivity index (χ4v) is 2.61. The van der Waals surface area contributed by atoms with Crippen LogP contribution < -0.4 is 10.6 Å². The first-order valence-electron chi connectivity index (χ1n) is 6.88. The summed E-state index contributed by atoms with van der Waals surface area (Å²) >= 11 is 1.83. The van der Waals surface area contributed by atoms with E-state index in [9.17, 15) is 0 Å². The van der Waals surface area contributed by atoms with Gasteiger partial charge in [0.2, 0.25) is 0 Å². The Morgan fingerprint density at radius 3 is 2.76 bits per heavy atom. The van der Waals surface area contributed by atoms with Crippen LogP contribution >= 0.6 is 11.8 Å². The molecular formula is C15H21N5S. The predicted octanol–water partition coefficient (Wildman–Crippen LogP) is 1.88. The van der Waals surface area contributed by atoms with Crippen LogP contribution in [0, 0.1) is 0 Å². The van der Waals surface area contributed by atoms with Crippen LogP contribution in [0.15, 0.2) is 52.6 Å². The zero-order valence-corrected chi connectivity index (χ0v) is 13.2. The first-order valence-corrected chi connectivity index (χ1v) is 7.86. The number of hydrogen-bond acceptors (Lipinski definition) is 3. The first-order chi connectivity index (χ1) is 10.3. The molecule has 1 heterocycles. The van der Waals surface area contributed by atoms with Crippen LogP contribution in [-0.2, 0) is 13.6 Å². The number of benzene rings is 1. The molecule has 0 spiro atoms. The summed E-state index contributed by atoms with van der Waals surface area (Å²) in [5.41, 5.74) is 1.14. The van der Waals surface area contributed by atoms with E-state index in [0.717, 1.165) is 30.4 Å². The number of hydrogen-bond donors (Lipinski definition) is 2. The van der Waals surface area contributed by atoms with Crippen molar-refractivity contribution in [1.29, 1.82) is 0 Å². The Hall–Kier alpha value is -1.95. The minimum Gasteiger partial charge on any atom is -0.356 e. The van der Waals surface area contributed by atoms with Crippen molar-refractivity contribution in [1.82, 2.24) is 20.4 Å². The normalized spacial score (nSPS) is 11.4. The van der Waals surface area contributed by atoms with Gasteiger partial charge < -0.3 is 10.6 Å². The molecule has 0 saturated carbocycles. The Balaban J connectivity index is 1.66. The fraction of sp³-hybridized carbons (Fsp3) is 0.333. The average Bonchev–Trinajstić information content (AvgIpc) is 2.93. The van der Waals surface area contributed by atoms with Crippen LogP contribution in [0.5, 0.6) is 0 Å². The van der Waals surface area contributed by atoms with Gasteiger partial charge in [-0.05, 0) is 12.1 Å². The van der Waals surface area contributed by atoms with E-state index in [1.54, 1.807) is 11.7 Å². The standard InChI is InChI=1S/C15H21N5S/c1-16-15(18-10-13-11-19-20(2)12-13)17-8-9-21-14-6-4-3-5-7-14/h3-7,11-12H,8-10H2,1-2H3,(H2,16,17,18). The molecule has 1 aromatic heterocycles. The van der Waals surface area contributed by atoms with E-state index in [2.05, 4.69) is 45.0 Å². The fourth-order valence-electron chi connectivity index (χ4n) is 1.82. The third kappa shape index (κ3) is 5.51. The molecule has 0 aliphatic heterocycles. The van der Waals surface area contributed by atoms with Gasteiger partial charge in [0.05, 0.1) is 6.20 Å². The molecule has 0 atom stereocenters. The molecule has 0 saturated heterocycles. The summed E-state index contributed by atoms with van der Waals surface area (Å²) in [6.07, 6.45) is 3.84. The van der Waals surface area contributed by atoms with E-state index in [-0.39, 0.29) is 0 Å². The number of rotatable bonds is 6. The van der Waals surface area contributed by atoms with Gasteiger partial charge >= 0.3 is 0 Å². The maximum Gasteiger partial charge on any atom is 0.191 e. The van der Waals surface area contributed by atoms with E-state index in [0.29, 0.717) is 0 Å². The van der Waals surface area contributed by atoms with Crippen molar-refractivity contribution in [3.63, 3.8) is 0 Å². The molecule has 0 unspecified atom stereocenters. The number of guanidine groups is 1. The van der Waals surface area contributed by atoms with E-state index < -0.39 is 0 Å². The number of aryl methyl sites for hydroxylation is 1. The quantitative estimate of drug-likeness (QED) is 0.370. The van der Waals surface area contributed by atoms with Gasteiger partial charge in [-0.1, -0.05) is 18.2 Å². The van der Waals surface area contributed by atoms with Gasteiger partial charge in [0.25, 0.3) is 0 Å². The molecule has 0 bridgehead atoms. The van der Waals surface area contributed by atoms with Crippen molar-refractivity contribution in [3.05, 3.63) is 48.3 Å². The van der Waals surface area contributed by atoms with E-state index >= 15 is 0 Å². The highest BCUT2D eigenvalue weighted by molar-refractivity contribution is 7.99. The lowest BCUT2D eigenvalue weighted by atomic mass is 10.4. The highest BCUT2D eigenvalue weighted by Gasteiger charge is 2.00. The molecule has 0 aliphatic rings. The number of nitrogens with zero attached hydrogens (tertiary/aromatic N) is 3. The molecule has 2 rings (SSSR count). The molecule has 0 aliphatic carbocycles. The summed E-state index contributed by atoms with van der Waals surface area (Å²) in [6, 6.07) is 10.4. The van der Waals surface area contributed by atoms with Gasteiger partial charge in [0.1, 0.15) is 0 Å². The topological polar surface area (TPSA) is 54.2 Å². The van der Waals surface area contributed by atoms with Gasteiger partial charge in [-0.15, -0.1) is 11.8 Å².